The van der Waals surface area contributed by atoms with Crippen LogP contribution in [0.5, 0.6) is 0 Å². The lowest BCUT2D eigenvalue weighted by atomic mass is 9.91. The minimum atomic E-state index is -0.500. The van der Waals surface area contributed by atoms with E-state index in [-0.39, 0.29) is 11.9 Å². The summed E-state index contributed by atoms with van der Waals surface area (Å²) in [5, 5.41) is 0. The van der Waals surface area contributed by atoms with E-state index in [9.17, 15) is 4.79 Å². The average molecular weight is 278 g/mol. The molecule has 2 rings (SSSR count). The van der Waals surface area contributed by atoms with Crippen molar-refractivity contribution < 1.29 is 9.53 Å². The first-order chi connectivity index (χ1) is 9.51. The highest BCUT2D eigenvalue weighted by molar-refractivity contribution is 5.85. The summed E-state index contributed by atoms with van der Waals surface area (Å²) < 4.78 is 4.68. The Morgan fingerprint density at radius 2 is 2.10 bits per heavy atom. The van der Waals surface area contributed by atoms with Gasteiger partial charge in [-0.3, -0.25) is 0 Å². The number of nitrogens with zero attached hydrogens (tertiary/aromatic N) is 3. The molecule has 1 aromatic rings. The number of aryl methyl sites for hydroxylation is 1. The van der Waals surface area contributed by atoms with Gasteiger partial charge in [0.1, 0.15) is 5.82 Å². The highest BCUT2D eigenvalue weighted by Gasteiger charge is 2.23. The fourth-order valence-corrected chi connectivity index (χ4v) is 2.55. The van der Waals surface area contributed by atoms with Crippen molar-refractivity contribution in [2.75, 3.05) is 25.1 Å². The lowest BCUT2D eigenvalue weighted by molar-refractivity contribution is 0.0586. The molecule has 1 aromatic heterocycles. The number of nitrogens with two attached hydrogens (primary N) is 1. The molecule has 110 valence electrons. The molecule has 0 aromatic carbocycles. The Hall–Kier alpha value is -1.69. The van der Waals surface area contributed by atoms with Crippen LogP contribution in [0.15, 0.2) is 6.07 Å². The summed E-state index contributed by atoms with van der Waals surface area (Å²) in [4.78, 5) is 22.2. The van der Waals surface area contributed by atoms with Crippen LogP contribution in [-0.2, 0) is 4.74 Å². The third-order valence-corrected chi connectivity index (χ3v) is 3.82. The van der Waals surface area contributed by atoms with Crippen molar-refractivity contribution >= 4 is 11.8 Å². The number of aromatic nitrogens is 2. The molecule has 0 aliphatic carbocycles. The third-order valence-electron chi connectivity index (χ3n) is 3.82. The van der Waals surface area contributed by atoms with Crippen LogP contribution in [0.4, 0.5) is 5.82 Å². The molecule has 6 heteroatoms. The molecule has 1 unspecified atom stereocenters. The van der Waals surface area contributed by atoms with Crippen molar-refractivity contribution in [2.45, 2.75) is 32.7 Å². The Labute approximate surface area is 119 Å². The van der Waals surface area contributed by atoms with E-state index in [1.807, 2.05) is 13.0 Å². The molecule has 2 heterocycles. The van der Waals surface area contributed by atoms with Crippen LogP contribution in [0.3, 0.4) is 0 Å². The topological polar surface area (TPSA) is 81.3 Å². The van der Waals surface area contributed by atoms with Gasteiger partial charge in [0, 0.05) is 30.9 Å². The first-order valence-corrected chi connectivity index (χ1v) is 6.95. The molecule has 2 N–H and O–H groups in total. The number of hydrogen-bond donors (Lipinski definition) is 1. The van der Waals surface area contributed by atoms with Gasteiger partial charge in [0.05, 0.1) is 7.11 Å². The number of hydrogen-bond acceptors (Lipinski definition) is 6. The van der Waals surface area contributed by atoms with E-state index in [0.29, 0.717) is 5.92 Å². The van der Waals surface area contributed by atoms with Gasteiger partial charge in [-0.15, -0.1) is 0 Å². The molecule has 20 heavy (non-hydrogen) atoms. The lowest BCUT2D eigenvalue weighted by Gasteiger charge is -2.34. The van der Waals surface area contributed by atoms with E-state index in [2.05, 4.69) is 26.5 Å². The van der Waals surface area contributed by atoms with E-state index in [1.165, 1.54) is 7.11 Å². The predicted molar refractivity (Wildman–Crippen MR) is 76.7 cm³/mol. The summed E-state index contributed by atoms with van der Waals surface area (Å²) in [6.45, 7) is 5.73. The Morgan fingerprint density at radius 3 is 2.65 bits per heavy atom. The summed E-state index contributed by atoms with van der Waals surface area (Å²) in [5.41, 5.74) is 6.72. The van der Waals surface area contributed by atoms with Gasteiger partial charge in [-0.1, -0.05) is 0 Å². The normalized spacial score (nSPS) is 17.9. The molecule has 0 saturated carbocycles. The second-order valence-corrected chi connectivity index (χ2v) is 5.37. The minimum absolute atomic E-state index is 0.122. The van der Waals surface area contributed by atoms with E-state index in [0.717, 1.165) is 37.4 Å². The number of methoxy groups -OCH3 is 1. The number of ether oxygens (including phenoxy) is 1. The first kappa shape index (κ1) is 14.7. The van der Waals surface area contributed by atoms with Crippen molar-refractivity contribution in [3.63, 3.8) is 0 Å². The van der Waals surface area contributed by atoms with Crippen molar-refractivity contribution in [3.05, 3.63) is 17.6 Å². The summed E-state index contributed by atoms with van der Waals surface area (Å²) in [7, 11) is 1.34. The average Bonchev–Trinajstić information content (AvgIpc) is 2.45. The van der Waals surface area contributed by atoms with Crippen LogP contribution in [0.1, 0.15) is 36.1 Å². The van der Waals surface area contributed by atoms with Crippen LogP contribution >= 0.6 is 0 Å². The molecule has 0 bridgehead atoms. The van der Waals surface area contributed by atoms with Gasteiger partial charge in [0.2, 0.25) is 5.82 Å². The van der Waals surface area contributed by atoms with Gasteiger partial charge in [0.25, 0.3) is 0 Å². The number of anilines is 1. The SMILES string of the molecule is COC(=O)c1nc(C)cc(N2CCC(C(C)N)CC2)n1. The molecule has 1 fully saturated rings. The summed E-state index contributed by atoms with van der Waals surface area (Å²) >= 11 is 0. The molecular formula is C14H22N4O2. The minimum Gasteiger partial charge on any atom is -0.463 e. The zero-order valence-electron chi connectivity index (χ0n) is 12.3. The number of rotatable bonds is 3. The number of piperidine rings is 1. The van der Waals surface area contributed by atoms with Gasteiger partial charge in [-0.05, 0) is 32.6 Å². The fourth-order valence-electron chi connectivity index (χ4n) is 2.55. The van der Waals surface area contributed by atoms with Crippen molar-refractivity contribution in [3.8, 4) is 0 Å². The van der Waals surface area contributed by atoms with E-state index < -0.39 is 5.97 Å². The van der Waals surface area contributed by atoms with Crippen LogP contribution in [0.25, 0.3) is 0 Å². The maximum atomic E-state index is 11.6. The molecule has 0 spiro atoms. The van der Waals surface area contributed by atoms with Crippen LogP contribution in [-0.4, -0.2) is 42.2 Å². The zero-order chi connectivity index (χ0) is 14.7. The van der Waals surface area contributed by atoms with Crippen molar-refractivity contribution in [2.24, 2.45) is 11.7 Å². The van der Waals surface area contributed by atoms with Gasteiger partial charge in [-0.2, -0.15) is 0 Å². The molecule has 0 radical (unpaired) electrons. The first-order valence-electron chi connectivity index (χ1n) is 6.95. The van der Waals surface area contributed by atoms with Gasteiger partial charge >= 0.3 is 5.97 Å². The Balaban J connectivity index is 2.13. The lowest BCUT2D eigenvalue weighted by Crippen LogP contribution is -2.40. The van der Waals surface area contributed by atoms with Gasteiger partial charge in [0.15, 0.2) is 0 Å². The summed E-state index contributed by atoms with van der Waals surface area (Å²) in [6, 6.07) is 2.13. The molecule has 1 atom stereocenters. The molecular weight excluding hydrogens is 256 g/mol. The maximum absolute atomic E-state index is 11.6. The maximum Gasteiger partial charge on any atom is 0.376 e. The van der Waals surface area contributed by atoms with Gasteiger partial charge in [-0.25, -0.2) is 14.8 Å². The van der Waals surface area contributed by atoms with Crippen LogP contribution in [0.2, 0.25) is 0 Å². The number of carbonyl (C=O) groups is 1. The highest BCUT2D eigenvalue weighted by Crippen LogP contribution is 2.23. The summed E-state index contributed by atoms with van der Waals surface area (Å²) in [6.07, 6.45) is 2.10. The number of carbonyl (C=O) groups excluding carboxylic acids is 1. The second-order valence-electron chi connectivity index (χ2n) is 5.37. The smallest absolute Gasteiger partial charge is 0.376 e. The van der Waals surface area contributed by atoms with E-state index >= 15 is 0 Å². The molecule has 1 saturated heterocycles. The largest absolute Gasteiger partial charge is 0.463 e. The monoisotopic (exact) mass is 278 g/mol. The highest BCUT2D eigenvalue weighted by atomic mass is 16.5. The van der Waals surface area contributed by atoms with Crippen LogP contribution in [0, 0.1) is 12.8 Å². The Morgan fingerprint density at radius 1 is 1.45 bits per heavy atom. The van der Waals surface area contributed by atoms with Gasteiger partial charge < -0.3 is 15.4 Å². The molecule has 0 amide bonds. The van der Waals surface area contributed by atoms with Crippen molar-refractivity contribution in [1.82, 2.24) is 9.97 Å². The van der Waals surface area contributed by atoms with E-state index in [1.54, 1.807) is 0 Å². The Kier molecular flexibility index (Phi) is 4.54. The van der Waals surface area contributed by atoms with E-state index in [4.69, 9.17) is 5.73 Å². The molecule has 1 aliphatic heterocycles. The zero-order valence-corrected chi connectivity index (χ0v) is 12.3. The molecule has 1 aliphatic rings. The third kappa shape index (κ3) is 3.25. The van der Waals surface area contributed by atoms with Crippen LogP contribution < -0.4 is 10.6 Å². The predicted octanol–water partition coefficient (Wildman–Crippen LogP) is 1.14. The summed E-state index contributed by atoms with van der Waals surface area (Å²) in [5.74, 6) is 0.979. The fraction of sp³-hybridized carbons (Fsp3) is 0.643. The van der Waals surface area contributed by atoms with Crippen molar-refractivity contribution in [1.29, 1.82) is 0 Å². The number of esters is 1. The Bertz CT molecular complexity index is 482. The second kappa shape index (κ2) is 6.17. The molecule has 6 nitrogen and oxygen atoms in total. The quantitative estimate of drug-likeness (QED) is 0.835. The standard InChI is InChI=1S/C14H22N4O2/c1-9-8-12(17-13(16-9)14(19)20-3)18-6-4-11(5-7-18)10(2)15/h8,10-11H,4-7,15H2,1-3H3.